The second-order valence-electron chi connectivity index (χ2n) is 7.20. The lowest BCUT2D eigenvalue weighted by Gasteiger charge is -2.39. The van der Waals surface area contributed by atoms with Crippen LogP contribution in [-0.2, 0) is 10.3 Å². The Morgan fingerprint density at radius 1 is 1.12 bits per heavy atom. The maximum absolute atomic E-state index is 12.5. The predicted octanol–water partition coefficient (Wildman–Crippen LogP) is 3.19. The Balaban J connectivity index is 1.40. The number of piperidine rings is 1. The first-order valence-corrected chi connectivity index (χ1v) is 9.06. The maximum atomic E-state index is 12.5. The molecule has 1 N–H and O–H groups in total. The van der Waals surface area contributed by atoms with E-state index in [0.29, 0.717) is 37.5 Å². The number of fused-ring (bicyclic) bond motifs is 2. The third kappa shape index (κ3) is 2.66. The van der Waals surface area contributed by atoms with Gasteiger partial charge in [0.1, 0.15) is 5.60 Å². The predicted molar refractivity (Wildman–Crippen MR) is 89.7 cm³/mol. The Morgan fingerprint density at radius 2 is 1.83 bits per heavy atom. The monoisotopic (exact) mass is 328 g/mol. The lowest BCUT2D eigenvalue weighted by molar-refractivity contribution is -0.0370. The van der Waals surface area contributed by atoms with Gasteiger partial charge in [-0.25, -0.2) is 9.59 Å². The molecule has 5 heteroatoms. The fourth-order valence-corrected chi connectivity index (χ4v) is 4.30. The number of hydrogen-bond acceptors (Lipinski definition) is 3. The van der Waals surface area contributed by atoms with Crippen LogP contribution in [-0.4, -0.2) is 36.0 Å². The minimum absolute atomic E-state index is 0.0364. The highest BCUT2D eigenvalue weighted by Gasteiger charge is 2.47. The van der Waals surface area contributed by atoms with Gasteiger partial charge < -0.3 is 15.0 Å². The van der Waals surface area contributed by atoms with E-state index in [1.807, 2.05) is 29.2 Å². The first-order valence-electron chi connectivity index (χ1n) is 9.06. The lowest BCUT2D eigenvalue weighted by atomic mass is 9.84. The number of benzene rings is 1. The fraction of sp³-hybridized carbons (Fsp3) is 0.579. The van der Waals surface area contributed by atoms with Gasteiger partial charge >= 0.3 is 12.0 Å². The molecule has 1 spiro atoms. The van der Waals surface area contributed by atoms with E-state index >= 15 is 0 Å². The van der Waals surface area contributed by atoms with Crippen LogP contribution in [0.2, 0.25) is 0 Å². The van der Waals surface area contributed by atoms with E-state index in [0.717, 1.165) is 18.4 Å². The first kappa shape index (κ1) is 15.5. The number of nitrogens with zero attached hydrogens (tertiary/aromatic N) is 1. The molecular formula is C19H24N2O3. The molecule has 0 radical (unpaired) electrons. The normalized spacial score (nSPS) is 23.0. The number of esters is 1. The first-order chi connectivity index (χ1) is 11.7. The number of nitrogens with one attached hydrogen (secondary N) is 1. The van der Waals surface area contributed by atoms with Crippen LogP contribution in [0.4, 0.5) is 4.79 Å². The van der Waals surface area contributed by atoms with Crippen molar-refractivity contribution in [3.05, 3.63) is 35.4 Å². The standard InChI is InChI=1S/C19H24N2O3/c22-17-15-8-4-5-9-16(15)19(24-17)10-12-21(13-11-19)18(23)20-14-6-2-1-3-7-14/h4-5,8-9,14H,1-3,6-7,10-13H2,(H,20,23). The molecule has 1 saturated carbocycles. The van der Waals surface area contributed by atoms with Gasteiger partial charge in [0.25, 0.3) is 0 Å². The summed E-state index contributed by atoms with van der Waals surface area (Å²) in [6, 6.07) is 7.99. The van der Waals surface area contributed by atoms with E-state index in [9.17, 15) is 9.59 Å². The van der Waals surface area contributed by atoms with Crippen molar-refractivity contribution in [2.75, 3.05) is 13.1 Å². The van der Waals surface area contributed by atoms with Gasteiger partial charge in [-0.1, -0.05) is 37.5 Å². The van der Waals surface area contributed by atoms with E-state index in [-0.39, 0.29) is 12.0 Å². The van der Waals surface area contributed by atoms with Crippen LogP contribution in [0, 0.1) is 0 Å². The summed E-state index contributed by atoms with van der Waals surface area (Å²) in [6.07, 6.45) is 7.23. The van der Waals surface area contributed by atoms with Crippen molar-refractivity contribution in [2.45, 2.75) is 56.6 Å². The molecule has 2 fully saturated rings. The van der Waals surface area contributed by atoms with E-state index in [1.54, 1.807) is 0 Å². The minimum atomic E-state index is -0.532. The van der Waals surface area contributed by atoms with Gasteiger partial charge in [0.15, 0.2) is 0 Å². The number of rotatable bonds is 1. The number of hydrogen-bond donors (Lipinski definition) is 1. The van der Waals surface area contributed by atoms with Crippen molar-refractivity contribution >= 4 is 12.0 Å². The Kier molecular flexibility index (Phi) is 3.94. The summed E-state index contributed by atoms with van der Waals surface area (Å²) in [5.74, 6) is -0.231. The van der Waals surface area contributed by atoms with Crippen molar-refractivity contribution < 1.29 is 14.3 Å². The summed E-state index contributed by atoms with van der Waals surface area (Å²) in [6.45, 7) is 1.25. The van der Waals surface area contributed by atoms with Crippen LogP contribution in [0.15, 0.2) is 24.3 Å². The zero-order chi connectivity index (χ0) is 16.6. The molecular weight excluding hydrogens is 304 g/mol. The van der Waals surface area contributed by atoms with Crippen LogP contribution in [0.3, 0.4) is 0 Å². The summed E-state index contributed by atoms with van der Waals surface area (Å²) in [4.78, 5) is 26.5. The van der Waals surface area contributed by atoms with Gasteiger partial charge in [-0.3, -0.25) is 0 Å². The van der Waals surface area contributed by atoms with E-state index in [2.05, 4.69) is 5.32 Å². The van der Waals surface area contributed by atoms with Gasteiger partial charge in [-0.2, -0.15) is 0 Å². The zero-order valence-electron chi connectivity index (χ0n) is 13.9. The molecule has 0 bridgehead atoms. The number of carbonyl (C=O) groups excluding carboxylic acids is 2. The molecule has 2 heterocycles. The SMILES string of the molecule is O=C1OC2(CCN(C(=O)NC3CCCCC3)CC2)c2ccccc21. The van der Waals surface area contributed by atoms with Gasteiger partial charge in [-0.15, -0.1) is 0 Å². The average molecular weight is 328 g/mol. The van der Waals surface area contributed by atoms with E-state index in [1.165, 1.54) is 19.3 Å². The van der Waals surface area contributed by atoms with Crippen LogP contribution in [0.25, 0.3) is 0 Å². The topological polar surface area (TPSA) is 58.6 Å². The Morgan fingerprint density at radius 3 is 2.58 bits per heavy atom. The molecule has 1 aromatic rings. The summed E-state index contributed by atoms with van der Waals surface area (Å²) in [5.41, 5.74) is 1.13. The van der Waals surface area contributed by atoms with Crippen LogP contribution in [0.1, 0.15) is 60.9 Å². The lowest BCUT2D eigenvalue weighted by Crippen LogP contribution is -2.51. The Hall–Kier alpha value is -2.04. The number of amides is 2. The highest BCUT2D eigenvalue weighted by molar-refractivity contribution is 5.94. The summed E-state index contributed by atoms with van der Waals surface area (Å²) < 4.78 is 5.74. The van der Waals surface area contributed by atoms with Crippen LogP contribution < -0.4 is 5.32 Å². The number of ether oxygens (including phenoxy) is 1. The molecule has 0 aromatic heterocycles. The third-order valence-electron chi connectivity index (χ3n) is 5.72. The molecule has 1 aliphatic carbocycles. The van der Waals surface area contributed by atoms with Crippen molar-refractivity contribution in [1.29, 1.82) is 0 Å². The maximum Gasteiger partial charge on any atom is 0.339 e. The summed E-state index contributed by atoms with van der Waals surface area (Å²) >= 11 is 0. The van der Waals surface area contributed by atoms with E-state index in [4.69, 9.17) is 4.74 Å². The second-order valence-corrected chi connectivity index (χ2v) is 7.20. The number of carbonyl (C=O) groups is 2. The van der Waals surface area contributed by atoms with Gasteiger partial charge in [-0.05, 0) is 18.9 Å². The second kappa shape index (κ2) is 6.11. The Bertz CT molecular complexity index is 644. The molecule has 1 aromatic carbocycles. The van der Waals surface area contributed by atoms with Crippen molar-refractivity contribution in [1.82, 2.24) is 10.2 Å². The van der Waals surface area contributed by atoms with Crippen molar-refractivity contribution in [3.63, 3.8) is 0 Å². The smallest absolute Gasteiger partial charge is 0.339 e. The molecule has 4 rings (SSSR count). The fourth-order valence-electron chi connectivity index (χ4n) is 4.30. The van der Waals surface area contributed by atoms with Crippen LogP contribution >= 0.6 is 0 Å². The molecule has 24 heavy (non-hydrogen) atoms. The molecule has 2 aliphatic heterocycles. The van der Waals surface area contributed by atoms with Crippen molar-refractivity contribution in [2.24, 2.45) is 0 Å². The average Bonchev–Trinajstić information content (AvgIpc) is 2.89. The van der Waals surface area contributed by atoms with Gasteiger partial charge in [0.05, 0.1) is 5.56 Å². The summed E-state index contributed by atoms with van der Waals surface area (Å²) in [7, 11) is 0. The van der Waals surface area contributed by atoms with Crippen molar-refractivity contribution in [3.8, 4) is 0 Å². The molecule has 1 saturated heterocycles. The summed E-state index contributed by atoms with van der Waals surface area (Å²) in [5, 5.41) is 3.17. The molecule has 128 valence electrons. The highest BCUT2D eigenvalue weighted by atomic mass is 16.6. The third-order valence-corrected chi connectivity index (χ3v) is 5.72. The Labute approximate surface area is 142 Å². The van der Waals surface area contributed by atoms with Crippen LogP contribution in [0.5, 0.6) is 0 Å². The quantitative estimate of drug-likeness (QED) is 0.806. The van der Waals surface area contributed by atoms with Gasteiger partial charge in [0.2, 0.25) is 0 Å². The number of likely N-dealkylation sites (tertiary alicyclic amines) is 1. The van der Waals surface area contributed by atoms with E-state index < -0.39 is 5.60 Å². The number of urea groups is 1. The molecule has 2 amide bonds. The molecule has 3 aliphatic rings. The van der Waals surface area contributed by atoms with Gasteiger partial charge in [0, 0.05) is 37.5 Å². The zero-order valence-corrected chi connectivity index (χ0v) is 13.9. The molecule has 5 nitrogen and oxygen atoms in total. The minimum Gasteiger partial charge on any atom is -0.450 e. The largest absolute Gasteiger partial charge is 0.450 e. The highest BCUT2D eigenvalue weighted by Crippen LogP contribution is 2.43. The molecule has 0 atom stereocenters. The molecule has 0 unspecified atom stereocenters.